The molecule has 0 aliphatic carbocycles. The number of aromatic nitrogens is 1. The van der Waals surface area contributed by atoms with Crippen molar-refractivity contribution in [3.63, 3.8) is 0 Å². The Morgan fingerprint density at radius 1 is 1.24 bits per heavy atom. The fourth-order valence-corrected chi connectivity index (χ4v) is 3.61. The molecule has 5 nitrogen and oxygen atoms in total. The molecule has 0 saturated carbocycles. The highest BCUT2D eigenvalue weighted by Crippen LogP contribution is 2.38. The van der Waals surface area contributed by atoms with Crippen molar-refractivity contribution in [2.75, 3.05) is 24.1 Å². The number of nitrogen functional groups attached to an aromatic ring is 1. The third-order valence-corrected chi connectivity index (χ3v) is 5.11. The minimum Gasteiger partial charge on any atom is -0.437 e. The number of anilines is 3. The molecule has 130 valence electrons. The second-order valence-electron chi connectivity index (χ2n) is 6.48. The van der Waals surface area contributed by atoms with Gasteiger partial charge in [-0.25, -0.2) is 0 Å². The molecule has 25 heavy (non-hydrogen) atoms. The maximum atomic E-state index is 6.25. The van der Waals surface area contributed by atoms with Crippen LogP contribution in [-0.2, 0) is 6.42 Å². The summed E-state index contributed by atoms with van der Waals surface area (Å²) < 4.78 is 5.88. The number of nitrogens with one attached hydrogen (secondary N) is 2. The molecule has 1 aliphatic heterocycles. The van der Waals surface area contributed by atoms with Crippen molar-refractivity contribution in [2.24, 2.45) is 5.92 Å². The second-order valence-corrected chi connectivity index (χ2v) is 6.89. The van der Waals surface area contributed by atoms with Gasteiger partial charge in [0.1, 0.15) is 5.69 Å². The highest BCUT2D eigenvalue weighted by molar-refractivity contribution is 6.33. The van der Waals surface area contributed by atoms with Gasteiger partial charge in [0.05, 0.1) is 16.4 Å². The van der Waals surface area contributed by atoms with Crippen molar-refractivity contribution in [2.45, 2.75) is 19.3 Å². The van der Waals surface area contributed by atoms with Gasteiger partial charge in [-0.2, -0.15) is 0 Å². The van der Waals surface area contributed by atoms with E-state index in [4.69, 9.17) is 21.8 Å². The first kappa shape index (κ1) is 16.2. The smallest absolute Gasteiger partial charge is 0.215 e. The molecule has 3 heterocycles. The van der Waals surface area contributed by atoms with E-state index in [0.717, 1.165) is 47.5 Å². The standard InChI is InChI=1S/C19H21ClN4O/c20-14-3-1-2-4-15(14)24-17-13-7-10-23-16(18(13)25-19(17)21)11-12-5-8-22-9-6-12/h1-4,7,10,12,22,24H,5-6,8-9,11,21H2. The van der Waals surface area contributed by atoms with Gasteiger partial charge < -0.3 is 20.8 Å². The van der Waals surface area contributed by atoms with Crippen molar-refractivity contribution >= 4 is 39.8 Å². The van der Waals surface area contributed by atoms with E-state index in [1.807, 2.05) is 36.5 Å². The van der Waals surface area contributed by atoms with Gasteiger partial charge in [-0.15, -0.1) is 0 Å². The molecular weight excluding hydrogens is 336 g/mol. The molecule has 1 aliphatic rings. The Balaban J connectivity index is 1.68. The third kappa shape index (κ3) is 3.30. The number of nitrogens with two attached hydrogens (primary N) is 1. The summed E-state index contributed by atoms with van der Waals surface area (Å²) in [5, 5.41) is 8.28. The number of nitrogens with zero attached hydrogens (tertiary/aromatic N) is 1. The van der Waals surface area contributed by atoms with Gasteiger partial charge >= 0.3 is 0 Å². The van der Waals surface area contributed by atoms with E-state index in [9.17, 15) is 0 Å². The Kier molecular flexibility index (Phi) is 4.51. The first-order valence-corrected chi connectivity index (χ1v) is 8.98. The van der Waals surface area contributed by atoms with Crippen LogP contribution in [-0.4, -0.2) is 18.1 Å². The molecule has 1 fully saturated rings. The molecule has 0 amide bonds. The van der Waals surface area contributed by atoms with E-state index < -0.39 is 0 Å². The van der Waals surface area contributed by atoms with E-state index >= 15 is 0 Å². The largest absolute Gasteiger partial charge is 0.437 e. The van der Waals surface area contributed by atoms with Crippen LogP contribution in [0, 0.1) is 5.92 Å². The molecule has 3 aromatic rings. The highest BCUT2D eigenvalue weighted by atomic mass is 35.5. The molecule has 1 saturated heterocycles. The van der Waals surface area contributed by atoms with Crippen LogP contribution in [0.2, 0.25) is 5.02 Å². The number of piperidine rings is 1. The van der Waals surface area contributed by atoms with Gasteiger partial charge in [0, 0.05) is 11.6 Å². The van der Waals surface area contributed by atoms with Crippen LogP contribution in [0.5, 0.6) is 0 Å². The fraction of sp³-hybridized carbons (Fsp3) is 0.316. The zero-order valence-electron chi connectivity index (χ0n) is 13.9. The van der Waals surface area contributed by atoms with Crippen LogP contribution in [0.25, 0.3) is 11.0 Å². The van der Waals surface area contributed by atoms with E-state index in [2.05, 4.69) is 15.6 Å². The summed E-state index contributed by atoms with van der Waals surface area (Å²) in [5.74, 6) is 0.986. The highest BCUT2D eigenvalue weighted by Gasteiger charge is 2.20. The van der Waals surface area contributed by atoms with Gasteiger partial charge in [0.2, 0.25) is 5.88 Å². The first-order chi connectivity index (χ1) is 12.2. The molecule has 4 rings (SSSR count). The summed E-state index contributed by atoms with van der Waals surface area (Å²) in [4.78, 5) is 4.56. The van der Waals surface area contributed by atoms with E-state index in [1.165, 1.54) is 12.8 Å². The van der Waals surface area contributed by atoms with Crippen LogP contribution in [0.1, 0.15) is 18.5 Å². The average Bonchev–Trinajstić information content (AvgIpc) is 2.95. The topological polar surface area (TPSA) is 76.1 Å². The maximum absolute atomic E-state index is 6.25. The summed E-state index contributed by atoms with van der Waals surface area (Å²) in [6, 6.07) is 9.51. The molecule has 0 spiro atoms. The Morgan fingerprint density at radius 2 is 2.04 bits per heavy atom. The summed E-state index contributed by atoms with van der Waals surface area (Å²) >= 11 is 6.25. The number of benzene rings is 1. The normalized spacial score (nSPS) is 15.6. The van der Waals surface area contributed by atoms with Crippen molar-refractivity contribution < 1.29 is 4.42 Å². The maximum Gasteiger partial charge on any atom is 0.215 e. The minimum atomic E-state index is 0.356. The van der Waals surface area contributed by atoms with Crippen molar-refractivity contribution in [1.82, 2.24) is 10.3 Å². The summed E-state index contributed by atoms with van der Waals surface area (Å²) in [6.07, 6.45) is 5.07. The average molecular weight is 357 g/mol. The quantitative estimate of drug-likeness (QED) is 0.648. The lowest BCUT2D eigenvalue weighted by atomic mass is 9.92. The molecule has 6 heteroatoms. The Bertz CT molecular complexity index is 886. The number of furan rings is 1. The second kappa shape index (κ2) is 6.94. The molecule has 0 atom stereocenters. The summed E-state index contributed by atoms with van der Waals surface area (Å²) in [6.45, 7) is 2.14. The summed E-state index contributed by atoms with van der Waals surface area (Å²) in [7, 11) is 0. The molecule has 1 aromatic carbocycles. The fourth-order valence-electron chi connectivity index (χ4n) is 3.43. The molecule has 2 aromatic heterocycles. The Morgan fingerprint density at radius 3 is 2.84 bits per heavy atom. The Hall–Kier alpha value is -2.24. The first-order valence-electron chi connectivity index (χ1n) is 8.60. The lowest BCUT2D eigenvalue weighted by Gasteiger charge is -2.22. The number of pyridine rings is 1. The molecule has 4 N–H and O–H groups in total. The van der Waals surface area contributed by atoms with Gasteiger partial charge in [0.15, 0.2) is 5.58 Å². The number of hydrogen-bond donors (Lipinski definition) is 3. The predicted octanol–water partition coefficient (Wildman–Crippen LogP) is 4.35. The van der Waals surface area contributed by atoms with Crippen LogP contribution in [0.3, 0.4) is 0 Å². The number of para-hydroxylation sites is 1. The lowest BCUT2D eigenvalue weighted by molar-refractivity contribution is 0.370. The SMILES string of the molecule is Nc1oc2c(CC3CCNCC3)nccc2c1Nc1ccccc1Cl. The molecule has 0 bridgehead atoms. The van der Waals surface area contributed by atoms with Crippen LogP contribution >= 0.6 is 11.6 Å². The van der Waals surface area contributed by atoms with Crippen LogP contribution in [0.15, 0.2) is 40.9 Å². The number of rotatable bonds is 4. The number of halogens is 1. The van der Waals surface area contributed by atoms with Gasteiger partial charge in [-0.3, -0.25) is 4.98 Å². The molecule has 0 unspecified atom stereocenters. The van der Waals surface area contributed by atoms with E-state index in [1.54, 1.807) is 0 Å². The predicted molar refractivity (Wildman–Crippen MR) is 102 cm³/mol. The van der Waals surface area contributed by atoms with E-state index in [-0.39, 0.29) is 0 Å². The zero-order valence-corrected chi connectivity index (χ0v) is 14.6. The molecule has 0 radical (unpaired) electrons. The van der Waals surface area contributed by atoms with Crippen molar-refractivity contribution in [1.29, 1.82) is 0 Å². The number of hydrogen-bond acceptors (Lipinski definition) is 5. The minimum absolute atomic E-state index is 0.356. The summed E-state index contributed by atoms with van der Waals surface area (Å²) in [5.41, 5.74) is 9.44. The van der Waals surface area contributed by atoms with Crippen LogP contribution in [0.4, 0.5) is 17.3 Å². The van der Waals surface area contributed by atoms with Gasteiger partial charge in [-0.1, -0.05) is 23.7 Å². The van der Waals surface area contributed by atoms with Crippen LogP contribution < -0.4 is 16.4 Å². The zero-order chi connectivity index (χ0) is 17.2. The van der Waals surface area contributed by atoms with Crippen molar-refractivity contribution in [3.8, 4) is 0 Å². The Labute approximate surface area is 151 Å². The lowest BCUT2D eigenvalue weighted by Crippen LogP contribution is -2.28. The monoisotopic (exact) mass is 356 g/mol. The van der Waals surface area contributed by atoms with Gasteiger partial charge in [0.25, 0.3) is 0 Å². The van der Waals surface area contributed by atoms with Gasteiger partial charge in [-0.05, 0) is 56.5 Å². The van der Waals surface area contributed by atoms with Crippen molar-refractivity contribution in [3.05, 3.63) is 47.2 Å². The third-order valence-electron chi connectivity index (χ3n) is 4.78. The molecular formula is C19H21ClN4O. The van der Waals surface area contributed by atoms with E-state index in [0.29, 0.717) is 16.8 Å². The number of fused-ring (bicyclic) bond motifs is 1.